The number of ether oxygens (including phenoxy) is 1. The van der Waals surface area contributed by atoms with E-state index in [0.29, 0.717) is 37.2 Å². The number of nitrogens with zero attached hydrogens (tertiary/aromatic N) is 1. The van der Waals surface area contributed by atoms with E-state index >= 15 is 0 Å². The van der Waals surface area contributed by atoms with E-state index in [-0.39, 0.29) is 11.8 Å². The molecule has 0 saturated carbocycles. The summed E-state index contributed by atoms with van der Waals surface area (Å²) in [4.78, 5) is 38.8. The zero-order valence-electron chi connectivity index (χ0n) is 17.1. The van der Waals surface area contributed by atoms with Gasteiger partial charge in [0.25, 0.3) is 11.8 Å². The molecule has 1 atom stereocenters. The van der Waals surface area contributed by atoms with Gasteiger partial charge in [-0.05, 0) is 63.1 Å². The first-order chi connectivity index (χ1) is 14.3. The van der Waals surface area contributed by atoms with Crippen molar-refractivity contribution in [3.8, 4) is 0 Å². The Morgan fingerprint density at radius 2 is 1.63 bits per heavy atom. The van der Waals surface area contributed by atoms with Crippen LogP contribution in [-0.2, 0) is 14.3 Å². The summed E-state index contributed by atoms with van der Waals surface area (Å²) < 4.78 is 18.4. The number of esters is 1. The van der Waals surface area contributed by atoms with E-state index < -0.39 is 23.8 Å². The highest BCUT2D eigenvalue weighted by atomic mass is 19.1. The van der Waals surface area contributed by atoms with Crippen LogP contribution in [0.3, 0.4) is 0 Å². The van der Waals surface area contributed by atoms with Crippen molar-refractivity contribution in [1.29, 1.82) is 0 Å². The normalized spacial score (nSPS) is 15.4. The predicted molar refractivity (Wildman–Crippen MR) is 110 cm³/mol. The minimum absolute atomic E-state index is 0.187. The minimum atomic E-state index is -0.919. The molecule has 0 radical (unpaired) electrons. The number of likely N-dealkylation sites (tertiary alicyclic amines) is 1. The number of anilines is 1. The van der Waals surface area contributed by atoms with E-state index in [1.807, 2.05) is 19.1 Å². The maximum atomic E-state index is 13.0. The van der Waals surface area contributed by atoms with Gasteiger partial charge in [-0.1, -0.05) is 17.7 Å². The number of nitrogens with one attached hydrogen (secondary N) is 1. The molecule has 158 valence electrons. The predicted octanol–water partition coefficient (Wildman–Crippen LogP) is 3.56. The Labute approximate surface area is 175 Å². The molecule has 3 rings (SSSR count). The summed E-state index contributed by atoms with van der Waals surface area (Å²) in [6, 6.07) is 12.7. The minimum Gasteiger partial charge on any atom is -0.452 e. The molecule has 2 aromatic carbocycles. The van der Waals surface area contributed by atoms with Crippen LogP contribution >= 0.6 is 0 Å². The highest BCUT2D eigenvalue weighted by Crippen LogP contribution is 2.21. The van der Waals surface area contributed by atoms with Gasteiger partial charge in [0, 0.05) is 24.3 Å². The number of rotatable bonds is 5. The molecule has 1 aliphatic heterocycles. The molecule has 0 spiro atoms. The van der Waals surface area contributed by atoms with Crippen LogP contribution in [0.1, 0.15) is 35.7 Å². The Morgan fingerprint density at radius 1 is 1.03 bits per heavy atom. The molecule has 30 heavy (non-hydrogen) atoms. The summed E-state index contributed by atoms with van der Waals surface area (Å²) in [6.07, 6.45) is -0.00598. The molecule has 6 nitrogen and oxygen atoms in total. The fraction of sp³-hybridized carbons (Fsp3) is 0.348. The van der Waals surface area contributed by atoms with Gasteiger partial charge in [-0.3, -0.25) is 14.4 Å². The third kappa shape index (κ3) is 5.43. The fourth-order valence-corrected chi connectivity index (χ4v) is 3.30. The number of benzene rings is 2. The monoisotopic (exact) mass is 412 g/mol. The largest absolute Gasteiger partial charge is 0.452 e. The third-order valence-electron chi connectivity index (χ3n) is 5.19. The molecule has 1 heterocycles. The average Bonchev–Trinajstić information content (AvgIpc) is 2.75. The molecule has 0 bridgehead atoms. The average molecular weight is 412 g/mol. The molecule has 2 amide bonds. The molecular weight excluding hydrogens is 387 g/mol. The number of halogens is 1. The summed E-state index contributed by atoms with van der Waals surface area (Å²) in [5.41, 5.74) is 2.14. The Kier molecular flexibility index (Phi) is 6.82. The maximum Gasteiger partial charge on any atom is 0.309 e. The summed E-state index contributed by atoms with van der Waals surface area (Å²) in [5.74, 6) is -1.77. The van der Waals surface area contributed by atoms with Crippen LogP contribution in [0, 0.1) is 18.7 Å². The molecule has 1 N–H and O–H groups in total. The first kappa shape index (κ1) is 21.5. The molecule has 1 aliphatic rings. The van der Waals surface area contributed by atoms with Gasteiger partial charge in [-0.15, -0.1) is 0 Å². The highest BCUT2D eigenvalue weighted by Gasteiger charge is 2.30. The number of aryl methyl sites for hydroxylation is 1. The van der Waals surface area contributed by atoms with Crippen molar-refractivity contribution in [3.63, 3.8) is 0 Å². The summed E-state index contributed by atoms with van der Waals surface area (Å²) in [5, 5.41) is 2.73. The topological polar surface area (TPSA) is 75.7 Å². The quantitative estimate of drug-likeness (QED) is 0.762. The lowest BCUT2D eigenvalue weighted by Gasteiger charge is -2.31. The molecule has 0 aliphatic carbocycles. The number of carbonyl (C=O) groups is 3. The number of hydrogen-bond donors (Lipinski definition) is 1. The van der Waals surface area contributed by atoms with Gasteiger partial charge in [-0.2, -0.15) is 0 Å². The Bertz CT molecular complexity index is 904. The lowest BCUT2D eigenvalue weighted by Crippen LogP contribution is -2.41. The number of hydrogen-bond acceptors (Lipinski definition) is 4. The van der Waals surface area contributed by atoms with Gasteiger partial charge in [-0.25, -0.2) is 4.39 Å². The van der Waals surface area contributed by atoms with E-state index in [4.69, 9.17) is 4.74 Å². The van der Waals surface area contributed by atoms with Crippen molar-refractivity contribution in [3.05, 3.63) is 65.5 Å². The Balaban J connectivity index is 1.47. The third-order valence-corrected chi connectivity index (χ3v) is 5.19. The van der Waals surface area contributed by atoms with Gasteiger partial charge >= 0.3 is 5.97 Å². The lowest BCUT2D eigenvalue weighted by molar-refractivity contribution is -0.158. The maximum absolute atomic E-state index is 13.0. The van der Waals surface area contributed by atoms with Gasteiger partial charge < -0.3 is 15.0 Å². The first-order valence-electron chi connectivity index (χ1n) is 9.96. The molecule has 0 unspecified atom stereocenters. The van der Waals surface area contributed by atoms with Crippen LogP contribution in [0.5, 0.6) is 0 Å². The fourth-order valence-electron chi connectivity index (χ4n) is 3.30. The molecule has 2 aromatic rings. The van der Waals surface area contributed by atoms with Crippen molar-refractivity contribution < 1.29 is 23.5 Å². The van der Waals surface area contributed by atoms with Gasteiger partial charge in [0.15, 0.2) is 6.10 Å². The lowest BCUT2D eigenvalue weighted by atomic mass is 9.96. The molecular formula is C23H25FN2O4. The van der Waals surface area contributed by atoms with Crippen molar-refractivity contribution in [1.82, 2.24) is 4.90 Å². The van der Waals surface area contributed by atoms with E-state index in [1.54, 1.807) is 17.0 Å². The van der Waals surface area contributed by atoms with Gasteiger partial charge in [0.2, 0.25) is 0 Å². The van der Waals surface area contributed by atoms with Crippen LogP contribution in [-0.4, -0.2) is 41.9 Å². The van der Waals surface area contributed by atoms with E-state index in [9.17, 15) is 18.8 Å². The van der Waals surface area contributed by atoms with Crippen molar-refractivity contribution in [2.75, 3.05) is 18.4 Å². The van der Waals surface area contributed by atoms with E-state index in [1.165, 1.54) is 31.2 Å². The summed E-state index contributed by atoms with van der Waals surface area (Å²) in [6.45, 7) is 4.29. The Morgan fingerprint density at radius 3 is 2.23 bits per heavy atom. The summed E-state index contributed by atoms with van der Waals surface area (Å²) in [7, 11) is 0. The number of carbonyl (C=O) groups excluding carboxylic acids is 3. The van der Waals surface area contributed by atoms with Crippen molar-refractivity contribution in [2.24, 2.45) is 5.92 Å². The number of amides is 2. The molecule has 7 heteroatoms. The standard InChI is InChI=1S/C23H25FN2O4/c1-15-3-9-20(10-4-15)25-21(27)16(2)30-23(29)18-11-13-26(14-12-18)22(28)17-5-7-19(24)8-6-17/h3-10,16,18H,11-14H2,1-2H3,(H,25,27)/t16-/m0/s1. The summed E-state index contributed by atoms with van der Waals surface area (Å²) >= 11 is 0. The molecule has 1 saturated heterocycles. The second kappa shape index (κ2) is 9.52. The first-order valence-corrected chi connectivity index (χ1v) is 9.96. The smallest absolute Gasteiger partial charge is 0.309 e. The van der Waals surface area contributed by atoms with E-state index in [2.05, 4.69) is 5.32 Å². The van der Waals surface area contributed by atoms with Gasteiger partial charge in [0.1, 0.15) is 5.82 Å². The Hall–Kier alpha value is -3.22. The van der Waals surface area contributed by atoms with Crippen LogP contribution < -0.4 is 5.32 Å². The second-order valence-electron chi connectivity index (χ2n) is 7.51. The van der Waals surface area contributed by atoms with Crippen molar-refractivity contribution in [2.45, 2.75) is 32.8 Å². The van der Waals surface area contributed by atoms with E-state index in [0.717, 1.165) is 5.56 Å². The van der Waals surface area contributed by atoms with Crippen molar-refractivity contribution >= 4 is 23.5 Å². The molecule has 1 fully saturated rings. The number of piperidine rings is 1. The van der Waals surface area contributed by atoms with Crippen LogP contribution in [0.25, 0.3) is 0 Å². The second-order valence-corrected chi connectivity index (χ2v) is 7.51. The zero-order valence-corrected chi connectivity index (χ0v) is 17.1. The van der Waals surface area contributed by atoms with Gasteiger partial charge in [0.05, 0.1) is 5.92 Å². The SMILES string of the molecule is Cc1ccc(NC(=O)[C@H](C)OC(=O)C2CCN(C(=O)c3ccc(F)cc3)CC2)cc1. The van der Waals surface area contributed by atoms with Crippen LogP contribution in [0.15, 0.2) is 48.5 Å². The van der Waals surface area contributed by atoms with Crippen LogP contribution in [0.4, 0.5) is 10.1 Å². The highest BCUT2D eigenvalue weighted by molar-refractivity contribution is 5.95. The molecule has 0 aromatic heterocycles. The zero-order chi connectivity index (χ0) is 21.7. The van der Waals surface area contributed by atoms with Crippen LogP contribution in [0.2, 0.25) is 0 Å².